The van der Waals surface area contributed by atoms with E-state index in [2.05, 4.69) is 4.90 Å². The highest BCUT2D eigenvalue weighted by molar-refractivity contribution is 5.48. The number of piperidine rings is 1. The fraction of sp³-hybridized carbons (Fsp3) is 0.538. The van der Waals surface area contributed by atoms with Crippen LogP contribution in [0.1, 0.15) is 18.4 Å². The van der Waals surface area contributed by atoms with Gasteiger partial charge in [0.15, 0.2) is 0 Å². The van der Waals surface area contributed by atoms with E-state index in [4.69, 9.17) is 10.5 Å². The number of ether oxygens (including phenoxy) is 1. The lowest BCUT2D eigenvalue weighted by atomic mass is 10.1. The van der Waals surface area contributed by atoms with Gasteiger partial charge < -0.3 is 15.4 Å². The minimum atomic E-state index is -0.218. The maximum atomic E-state index is 13.6. The fourth-order valence-electron chi connectivity index (χ4n) is 2.26. The van der Waals surface area contributed by atoms with Crippen LogP contribution in [0.25, 0.3) is 0 Å². The van der Waals surface area contributed by atoms with Crippen LogP contribution in [0.5, 0.6) is 0 Å². The molecule has 1 atom stereocenters. The van der Waals surface area contributed by atoms with Crippen molar-refractivity contribution in [2.75, 3.05) is 25.1 Å². The van der Waals surface area contributed by atoms with E-state index >= 15 is 0 Å². The minimum Gasteiger partial charge on any atom is -0.380 e. The Morgan fingerprint density at radius 1 is 1.53 bits per heavy atom. The average Bonchev–Trinajstić information content (AvgIpc) is 2.38. The maximum Gasteiger partial charge on any atom is 0.129 e. The van der Waals surface area contributed by atoms with Gasteiger partial charge in [-0.15, -0.1) is 0 Å². The van der Waals surface area contributed by atoms with Crippen molar-refractivity contribution in [1.29, 1.82) is 0 Å². The molecule has 1 aromatic rings. The second-order valence-electron chi connectivity index (χ2n) is 4.43. The van der Waals surface area contributed by atoms with E-state index in [9.17, 15) is 4.39 Å². The van der Waals surface area contributed by atoms with Gasteiger partial charge in [0.05, 0.1) is 6.10 Å². The summed E-state index contributed by atoms with van der Waals surface area (Å²) in [5.74, 6) is -0.218. The van der Waals surface area contributed by atoms with E-state index in [0.717, 1.165) is 31.6 Å². The number of anilines is 1. The number of benzene rings is 1. The molecule has 0 aromatic heterocycles. The number of hydrogen-bond acceptors (Lipinski definition) is 3. The zero-order chi connectivity index (χ0) is 12.3. The Balaban J connectivity index is 2.13. The Hall–Kier alpha value is -1.13. The monoisotopic (exact) mass is 238 g/mol. The third-order valence-corrected chi connectivity index (χ3v) is 3.33. The molecule has 0 saturated carbocycles. The summed E-state index contributed by atoms with van der Waals surface area (Å²) in [6.45, 7) is 2.03. The van der Waals surface area contributed by atoms with Crippen LogP contribution in [-0.4, -0.2) is 26.3 Å². The highest BCUT2D eigenvalue weighted by Gasteiger charge is 2.20. The largest absolute Gasteiger partial charge is 0.380 e. The first-order chi connectivity index (χ1) is 8.24. The number of nitrogens with two attached hydrogens (primary N) is 1. The van der Waals surface area contributed by atoms with E-state index in [1.807, 2.05) is 6.07 Å². The van der Waals surface area contributed by atoms with Crippen LogP contribution in [0.4, 0.5) is 10.1 Å². The molecule has 1 aliphatic heterocycles. The van der Waals surface area contributed by atoms with Crippen molar-refractivity contribution in [2.24, 2.45) is 5.73 Å². The van der Waals surface area contributed by atoms with Crippen LogP contribution in [-0.2, 0) is 11.3 Å². The zero-order valence-corrected chi connectivity index (χ0v) is 10.2. The minimum absolute atomic E-state index is 0.218. The van der Waals surface area contributed by atoms with Crippen molar-refractivity contribution in [3.63, 3.8) is 0 Å². The normalized spacial score (nSPS) is 20.6. The molecule has 0 amide bonds. The lowest BCUT2D eigenvalue weighted by Gasteiger charge is -2.33. The van der Waals surface area contributed by atoms with Gasteiger partial charge in [-0.25, -0.2) is 4.39 Å². The Morgan fingerprint density at radius 3 is 3.00 bits per heavy atom. The van der Waals surface area contributed by atoms with Crippen molar-refractivity contribution in [1.82, 2.24) is 0 Å². The van der Waals surface area contributed by atoms with Crippen molar-refractivity contribution in [2.45, 2.75) is 25.5 Å². The summed E-state index contributed by atoms with van der Waals surface area (Å²) in [7, 11) is 1.73. The molecular formula is C13H19FN2O. The molecule has 2 N–H and O–H groups in total. The topological polar surface area (TPSA) is 38.5 Å². The van der Waals surface area contributed by atoms with E-state index in [1.165, 1.54) is 0 Å². The molecule has 0 bridgehead atoms. The molecule has 2 rings (SSSR count). The quantitative estimate of drug-likeness (QED) is 0.874. The summed E-state index contributed by atoms with van der Waals surface area (Å²) in [6.07, 6.45) is 2.41. The van der Waals surface area contributed by atoms with E-state index in [-0.39, 0.29) is 18.5 Å². The van der Waals surface area contributed by atoms with Crippen LogP contribution in [0.2, 0.25) is 0 Å². The fourth-order valence-corrected chi connectivity index (χ4v) is 2.26. The number of nitrogens with zero attached hydrogens (tertiary/aromatic N) is 1. The van der Waals surface area contributed by atoms with Crippen molar-refractivity contribution in [3.8, 4) is 0 Å². The van der Waals surface area contributed by atoms with Crippen molar-refractivity contribution in [3.05, 3.63) is 29.6 Å². The van der Waals surface area contributed by atoms with Crippen LogP contribution in [0.3, 0.4) is 0 Å². The second kappa shape index (κ2) is 5.47. The second-order valence-corrected chi connectivity index (χ2v) is 4.43. The lowest BCUT2D eigenvalue weighted by molar-refractivity contribution is 0.0893. The van der Waals surface area contributed by atoms with Crippen molar-refractivity contribution < 1.29 is 9.13 Å². The van der Waals surface area contributed by atoms with Gasteiger partial charge in [-0.05, 0) is 25.0 Å². The lowest BCUT2D eigenvalue weighted by Crippen LogP contribution is -2.39. The molecule has 17 heavy (non-hydrogen) atoms. The molecule has 1 aromatic carbocycles. The summed E-state index contributed by atoms with van der Waals surface area (Å²) < 4.78 is 19.0. The highest BCUT2D eigenvalue weighted by atomic mass is 19.1. The van der Waals surface area contributed by atoms with Crippen LogP contribution in [0, 0.1) is 5.82 Å². The zero-order valence-electron chi connectivity index (χ0n) is 10.2. The van der Waals surface area contributed by atoms with Gasteiger partial charge in [0.1, 0.15) is 5.82 Å². The summed E-state index contributed by atoms with van der Waals surface area (Å²) >= 11 is 0. The van der Waals surface area contributed by atoms with E-state index < -0.39 is 0 Å². The Bertz CT molecular complexity index is 384. The number of hydrogen-bond donors (Lipinski definition) is 1. The van der Waals surface area contributed by atoms with Gasteiger partial charge >= 0.3 is 0 Å². The van der Waals surface area contributed by atoms with Gasteiger partial charge in [-0.2, -0.15) is 0 Å². The van der Waals surface area contributed by atoms with Gasteiger partial charge in [-0.1, -0.05) is 6.07 Å². The van der Waals surface area contributed by atoms with E-state index in [1.54, 1.807) is 19.2 Å². The Kier molecular flexibility index (Phi) is 3.97. The molecule has 94 valence electrons. The summed E-state index contributed by atoms with van der Waals surface area (Å²) in [4.78, 5) is 2.17. The predicted octanol–water partition coefficient (Wildman–Crippen LogP) is 1.90. The van der Waals surface area contributed by atoms with Crippen LogP contribution in [0.15, 0.2) is 18.2 Å². The molecule has 1 fully saturated rings. The first-order valence-corrected chi connectivity index (χ1v) is 6.01. The smallest absolute Gasteiger partial charge is 0.129 e. The number of halogens is 1. The molecular weight excluding hydrogens is 219 g/mol. The molecule has 0 aliphatic carbocycles. The highest BCUT2D eigenvalue weighted by Crippen LogP contribution is 2.23. The maximum absolute atomic E-state index is 13.6. The number of rotatable bonds is 3. The molecule has 0 radical (unpaired) electrons. The third-order valence-electron chi connectivity index (χ3n) is 3.33. The summed E-state index contributed by atoms with van der Waals surface area (Å²) in [5.41, 5.74) is 6.93. The molecule has 1 heterocycles. The van der Waals surface area contributed by atoms with E-state index in [0.29, 0.717) is 5.56 Å². The standard InChI is InChI=1S/C13H19FN2O/c1-17-12-3-2-6-16(9-12)11-5-4-10(8-15)13(14)7-11/h4-5,7,12H,2-3,6,8-9,15H2,1H3. The molecule has 0 spiro atoms. The van der Waals surface area contributed by atoms with Gasteiger partial charge in [0.25, 0.3) is 0 Å². The molecule has 1 unspecified atom stereocenters. The Labute approximate surface area is 101 Å². The average molecular weight is 238 g/mol. The van der Waals surface area contributed by atoms with Crippen molar-refractivity contribution >= 4 is 5.69 Å². The van der Waals surface area contributed by atoms with Gasteiger partial charge in [0.2, 0.25) is 0 Å². The Morgan fingerprint density at radius 2 is 2.35 bits per heavy atom. The van der Waals surface area contributed by atoms with Gasteiger partial charge in [-0.3, -0.25) is 0 Å². The predicted molar refractivity (Wildman–Crippen MR) is 66.5 cm³/mol. The summed E-state index contributed by atoms with van der Waals surface area (Å²) in [6, 6.07) is 5.27. The van der Waals surface area contributed by atoms with Crippen LogP contribution >= 0.6 is 0 Å². The van der Waals surface area contributed by atoms with Crippen LogP contribution < -0.4 is 10.6 Å². The summed E-state index contributed by atoms with van der Waals surface area (Å²) in [5, 5.41) is 0. The SMILES string of the molecule is COC1CCCN(c2ccc(CN)c(F)c2)C1. The molecule has 3 nitrogen and oxygen atoms in total. The first kappa shape index (κ1) is 12.3. The van der Waals surface area contributed by atoms with Gasteiger partial charge in [0, 0.05) is 38.0 Å². The molecule has 1 aliphatic rings. The molecule has 4 heteroatoms. The molecule has 1 saturated heterocycles. The number of methoxy groups -OCH3 is 1. The third kappa shape index (κ3) is 2.76. The first-order valence-electron chi connectivity index (χ1n) is 6.01.